The van der Waals surface area contributed by atoms with Crippen molar-refractivity contribution in [2.75, 3.05) is 14.1 Å². The number of halogens is 2. The fourth-order valence-electron chi connectivity index (χ4n) is 3.48. The molecule has 2 aromatic carbocycles. The summed E-state index contributed by atoms with van der Waals surface area (Å²) in [6.45, 7) is 1.81. The number of thiophene rings is 1. The van der Waals surface area contributed by atoms with Crippen molar-refractivity contribution in [3.63, 3.8) is 0 Å². The van der Waals surface area contributed by atoms with E-state index in [2.05, 4.69) is 0 Å². The highest BCUT2D eigenvalue weighted by atomic mass is 35.5. The van der Waals surface area contributed by atoms with Crippen LogP contribution in [0.4, 0.5) is 4.39 Å². The molecule has 1 amide bonds. The van der Waals surface area contributed by atoms with Crippen LogP contribution in [0.5, 0.6) is 0 Å². The third kappa shape index (κ3) is 3.76. The molecular formula is C23H19ClFN3O3S. The molecule has 0 bridgehead atoms. The predicted molar refractivity (Wildman–Crippen MR) is 125 cm³/mol. The van der Waals surface area contributed by atoms with E-state index in [1.54, 1.807) is 57.4 Å². The van der Waals surface area contributed by atoms with Crippen molar-refractivity contribution in [1.82, 2.24) is 14.0 Å². The summed E-state index contributed by atoms with van der Waals surface area (Å²) in [6.07, 6.45) is 0. The Hall–Kier alpha value is -3.23. The number of fused-ring (bicyclic) bond motifs is 1. The molecule has 4 rings (SSSR count). The highest BCUT2D eigenvalue weighted by Crippen LogP contribution is 2.29. The number of benzene rings is 2. The molecule has 0 saturated heterocycles. The number of carbonyl (C=O) groups excluding carboxylic acids is 1. The van der Waals surface area contributed by atoms with Gasteiger partial charge in [-0.15, -0.1) is 11.3 Å². The van der Waals surface area contributed by atoms with E-state index >= 15 is 0 Å². The third-order valence-corrected chi connectivity index (χ3v) is 6.71. The molecule has 0 atom stereocenters. The second kappa shape index (κ2) is 8.37. The Morgan fingerprint density at radius 1 is 1.06 bits per heavy atom. The molecule has 9 heteroatoms. The first-order chi connectivity index (χ1) is 15.2. The number of nitrogens with zero attached hydrogens (tertiary/aromatic N) is 3. The monoisotopic (exact) mass is 471 g/mol. The number of rotatable bonds is 4. The topological polar surface area (TPSA) is 64.3 Å². The first-order valence-corrected chi connectivity index (χ1v) is 10.9. The first-order valence-electron chi connectivity index (χ1n) is 9.70. The number of aryl methyl sites for hydroxylation is 1. The number of hydrogen-bond acceptors (Lipinski definition) is 4. The van der Waals surface area contributed by atoms with Gasteiger partial charge in [0.1, 0.15) is 10.6 Å². The van der Waals surface area contributed by atoms with Crippen LogP contribution in [0.1, 0.15) is 20.8 Å². The molecule has 164 valence electrons. The Labute approximate surface area is 191 Å². The minimum atomic E-state index is -0.556. The van der Waals surface area contributed by atoms with E-state index in [9.17, 15) is 18.8 Å². The van der Waals surface area contributed by atoms with Crippen LogP contribution in [0, 0.1) is 12.7 Å². The van der Waals surface area contributed by atoms with Gasteiger partial charge in [-0.2, -0.15) is 0 Å². The highest BCUT2D eigenvalue weighted by Gasteiger charge is 2.24. The zero-order valence-corrected chi connectivity index (χ0v) is 19.1. The van der Waals surface area contributed by atoms with Crippen LogP contribution >= 0.6 is 22.9 Å². The molecule has 0 N–H and O–H groups in total. The molecule has 6 nitrogen and oxygen atoms in total. The maximum Gasteiger partial charge on any atom is 0.337 e. The van der Waals surface area contributed by atoms with Crippen molar-refractivity contribution in [2.45, 2.75) is 13.5 Å². The molecule has 0 aliphatic carbocycles. The number of amides is 1. The molecule has 0 aliphatic rings. The fraction of sp³-hybridized carbons (Fsp3) is 0.174. The van der Waals surface area contributed by atoms with Gasteiger partial charge in [-0.3, -0.25) is 14.2 Å². The van der Waals surface area contributed by atoms with Gasteiger partial charge >= 0.3 is 5.69 Å². The second-order valence-corrected chi connectivity index (χ2v) is 8.98. The lowest BCUT2D eigenvalue weighted by atomic mass is 10.2. The lowest BCUT2D eigenvalue weighted by Gasteiger charge is -2.12. The van der Waals surface area contributed by atoms with Crippen LogP contribution in [0.3, 0.4) is 0 Å². The third-order valence-electron chi connectivity index (χ3n) is 5.15. The lowest BCUT2D eigenvalue weighted by Crippen LogP contribution is -2.38. The van der Waals surface area contributed by atoms with Gasteiger partial charge in [0.2, 0.25) is 0 Å². The molecular weight excluding hydrogens is 453 g/mol. The Morgan fingerprint density at radius 3 is 2.28 bits per heavy atom. The van der Waals surface area contributed by atoms with Crippen molar-refractivity contribution in [1.29, 1.82) is 0 Å². The summed E-state index contributed by atoms with van der Waals surface area (Å²) in [4.78, 5) is 41.9. The van der Waals surface area contributed by atoms with Crippen molar-refractivity contribution in [3.05, 3.63) is 96.2 Å². The van der Waals surface area contributed by atoms with E-state index in [0.717, 1.165) is 15.9 Å². The van der Waals surface area contributed by atoms with E-state index in [4.69, 9.17) is 11.6 Å². The smallest absolute Gasteiger partial charge is 0.337 e. The molecule has 2 heterocycles. The van der Waals surface area contributed by atoms with E-state index < -0.39 is 11.2 Å². The summed E-state index contributed by atoms with van der Waals surface area (Å²) >= 11 is 7.08. The summed E-state index contributed by atoms with van der Waals surface area (Å²) in [5.41, 5.74) is 0.505. The Bertz CT molecular complexity index is 1450. The van der Waals surface area contributed by atoms with E-state index in [-0.39, 0.29) is 18.3 Å². The number of carbonyl (C=O) groups is 1. The lowest BCUT2D eigenvalue weighted by molar-refractivity contribution is 0.0831. The first kappa shape index (κ1) is 22.0. The molecule has 0 unspecified atom stereocenters. The van der Waals surface area contributed by atoms with Gasteiger partial charge < -0.3 is 4.90 Å². The van der Waals surface area contributed by atoms with Crippen LogP contribution in [-0.2, 0) is 6.54 Å². The highest BCUT2D eigenvalue weighted by molar-refractivity contribution is 7.20. The predicted octanol–water partition coefficient (Wildman–Crippen LogP) is 4.06. The maximum atomic E-state index is 13.5. The molecule has 0 fully saturated rings. The zero-order chi connectivity index (χ0) is 23.2. The molecule has 0 aliphatic heterocycles. The van der Waals surface area contributed by atoms with Gasteiger partial charge in [0.05, 0.1) is 22.5 Å². The average Bonchev–Trinajstić information content (AvgIpc) is 3.10. The molecule has 0 spiro atoms. The van der Waals surface area contributed by atoms with Gasteiger partial charge in [-0.25, -0.2) is 13.8 Å². The van der Waals surface area contributed by atoms with Crippen LogP contribution in [0.25, 0.3) is 15.9 Å². The maximum absolute atomic E-state index is 13.5. The van der Waals surface area contributed by atoms with Crippen LogP contribution in [0.2, 0.25) is 5.02 Å². The van der Waals surface area contributed by atoms with Gasteiger partial charge in [-0.05, 0) is 54.4 Å². The van der Waals surface area contributed by atoms with E-state index in [0.29, 0.717) is 36.9 Å². The van der Waals surface area contributed by atoms with Gasteiger partial charge in [-0.1, -0.05) is 23.7 Å². The SMILES string of the molecule is Cc1c(C(=O)N(C)C)sc2c1c(=O)n(-c1ccc(Cl)cc1)c(=O)n2Cc1ccc(F)cc1. The Balaban J connectivity index is 2.06. The summed E-state index contributed by atoms with van der Waals surface area (Å²) in [6, 6.07) is 12.2. The zero-order valence-electron chi connectivity index (χ0n) is 17.6. The number of hydrogen-bond donors (Lipinski definition) is 0. The normalized spacial score (nSPS) is 11.2. The van der Waals surface area contributed by atoms with Crippen LogP contribution < -0.4 is 11.2 Å². The second-order valence-electron chi connectivity index (χ2n) is 7.55. The van der Waals surface area contributed by atoms with Crippen molar-refractivity contribution in [2.24, 2.45) is 0 Å². The molecule has 4 aromatic rings. The number of aromatic nitrogens is 2. The summed E-state index contributed by atoms with van der Waals surface area (Å²) in [7, 11) is 3.26. The summed E-state index contributed by atoms with van der Waals surface area (Å²) < 4.78 is 15.9. The largest absolute Gasteiger partial charge is 0.344 e. The minimum Gasteiger partial charge on any atom is -0.344 e. The molecule has 2 aromatic heterocycles. The van der Waals surface area contributed by atoms with Gasteiger partial charge in [0, 0.05) is 19.1 Å². The Kier molecular flexibility index (Phi) is 5.75. The van der Waals surface area contributed by atoms with Crippen molar-refractivity contribution < 1.29 is 9.18 Å². The van der Waals surface area contributed by atoms with E-state index in [1.165, 1.54) is 21.6 Å². The standard InChI is InChI=1S/C23H19ClFN3O3S/c1-13-18-20(29)28(17-10-6-15(24)7-11-17)23(31)27(12-14-4-8-16(25)9-5-14)22(18)32-19(13)21(30)26(2)3/h4-11H,12H2,1-3H3. The van der Waals surface area contributed by atoms with Crippen molar-refractivity contribution >= 4 is 39.1 Å². The molecule has 0 saturated carbocycles. The van der Waals surface area contributed by atoms with Gasteiger partial charge in [0.15, 0.2) is 0 Å². The molecule has 32 heavy (non-hydrogen) atoms. The summed E-state index contributed by atoms with van der Waals surface area (Å²) in [5.74, 6) is -0.634. The minimum absolute atomic E-state index is 0.110. The van der Waals surface area contributed by atoms with Crippen LogP contribution in [0.15, 0.2) is 58.1 Å². The van der Waals surface area contributed by atoms with E-state index in [1.807, 2.05) is 0 Å². The molecule has 0 radical (unpaired) electrons. The quantitative estimate of drug-likeness (QED) is 0.451. The van der Waals surface area contributed by atoms with Crippen LogP contribution in [-0.4, -0.2) is 34.0 Å². The summed E-state index contributed by atoms with van der Waals surface area (Å²) in [5, 5.41) is 0.775. The van der Waals surface area contributed by atoms with Crippen molar-refractivity contribution in [3.8, 4) is 5.69 Å². The van der Waals surface area contributed by atoms with Gasteiger partial charge in [0.25, 0.3) is 11.5 Å². The fourth-order valence-corrected chi connectivity index (χ4v) is 4.92. The average molecular weight is 472 g/mol. The Morgan fingerprint density at radius 2 is 1.69 bits per heavy atom.